The molecule has 0 spiro atoms. The van der Waals surface area contributed by atoms with E-state index in [1.165, 1.54) is 0 Å². The molecule has 1 atom stereocenters. The highest BCUT2D eigenvalue weighted by Crippen LogP contribution is 2.29. The fourth-order valence-electron chi connectivity index (χ4n) is 3.29. The van der Waals surface area contributed by atoms with E-state index in [0.717, 1.165) is 30.7 Å². The second kappa shape index (κ2) is 7.33. The van der Waals surface area contributed by atoms with Crippen molar-refractivity contribution in [3.8, 4) is 5.75 Å². The van der Waals surface area contributed by atoms with Crippen molar-refractivity contribution >= 4 is 15.7 Å². The van der Waals surface area contributed by atoms with Crippen LogP contribution < -0.4 is 4.74 Å². The van der Waals surface area contributed by atoms with E-state index in [-0.39, 0.29) is 23.5 Å². The molecule has 2 fully saturated rings. The zero-order valence-corrected chi connectivity index (χ0v) is 15.7. The van der Waals surface area contributed by atoms with Gasteiger partial charge in [0.2, 0.25) is 5.91 Å². The lowest BCUT2D eigenvalue weighted by Crippen LogP contribution is -2.44. The first kappa shape index (κ1) is 18.2. The van der Waals surface area contributed by atoms with E-state index in [2.05, 4.69) is 4.90 Å². The minimum atomic E-state index is -2.98. The van der Waals surface area contributed by atoms with Gasteiger partial charge in [-0.3, -0.25) is 9.69 Å². The normalized spacial score (nSPS) is 22.1. The van der Waals surface area contributed by atoms with Crippen molar-refractivity contribution in [2.45, 2.75) is 37.9 Å². The third-order valence-corrected chi connectivity index (χ3v) is 6.85. The van der Waals surface area contributed by atoms with Gasteiger partial charge in [-0.1, -0.05) is 12.1 Å². The number of likely N-dealkylation sites (N-methyl/N-ethyl adjacent to an activating group) is 1. The standard InChI is InChI=1S/C18H26N2O4S/c1-19(16-9-10-25(22,23)13-16)18(21)12-20(15-5-6-15)11-14-3-7-17(24-2)8-4-14/h3-4,7-8,15-16H,5-6,9-13H2,1-2H3. The molecule has 25 heavy (non-hydrogen) atoms. The Morgan fingerprint density at radius 1 is 1.16 bits per heavy atom. The number of carbonyl (C=O) groups excluding carboxylic acids is 1. The number of rotatable bonds is 7. The quantitative estimate of drug-likeness (QED) is 0.728. The Hall–Kier alpha value is -1.60. The first-order valence-electron chi connectivity index (χ1n) is 8.71. The second-order valence-electron chi connectivity index (χ2n) is 7.05. The van der Waals surface area contributed by atoms with Crippen molar-refractivity contribution < 1.29 is 17.9 Å². The molecule has 2 aliphatic rings. The molecule has 1 aromatic carbocycles. The molecular formula is C18H26N2O4S. The van der Waals surface area contributed by atoms with Gasteiger partial charge in [-0.15, -0.1) is 0 Å². The van der Waals surface area contributed by atoms with Gasteiger partial charge in [-0.05, 0) is 37.0 Å². The van der Waals surface area contributed by atoms with Crippen LogP contribution in [-0.2, 0) is 21.2 Å². The van der Waals surface area contributed by atoms with Crippen molar-refractivity contribution in [2.24, 2.45) is 0 Å². The maximum absolute atomic E-state index is 12.6. The molecule has 1 saturated heterocycles. The first-order valence-corrected chi connectivity index (χ1v) is 10.5. The summed E-state index contributed by atoms with van der Waals surface area (Å²) in [5, 5.41) is 0. The molecule has 1 aliphatic carbocycles. The summed E-state index contributed by atoms with van der Waals surface area (Å²) >= 11 is 0. The van der Waals surface area contributed by atoms with Crippen LogP contribution in [0.25, 0.3) is 0 Å². The fraction of sp³-hybridized carbons (Fsp3) is 0.611. The van der Waals surface area contributed by atoms with Crippen molar-refractivity contribution in [3.63, 3.8) is 0 Å². The Balaban J connectivity index is 1.60. The van der Waals surface area contributed by atoms with E-state index in [1.807, 2.05) is 24.3 Å². The van der Waals surface area contributed by atoms with Crippen molar-refractivity contribution in [1.82, 2.24) is 9.80 Å². The minimum absolute atomic E-state index is 0.00233. The Bertz CT molecular complexity index is 713. The van der Waals surface area contributed by atoms with E-state index >= 15 is 0 Å². The van der Waals surface area contributed by atoms with Gasteiger partial charge >= 0.3 is 0 Å². The highest BCUT2D eigenvalue weighted by molar-refractivity contribution is 7.91. The molecule has 0 N–H and O–H groups in total. The monoisotopic (exact) mass is 366 g/mol. The van der Waals surface area contributed by atoms with Crippen LogP contribution in [0.2, 0.25) is 0 Å². The van der Waals surface area contributed by atoms with Gasteiger partial charge < -0.3 is 9.64 Å². The third kappa shape index (κ3) is 4.73. The summed E-state index contributed by atoms with van der Waals surface area (Å²) in [6.07, 6.45) is 2.78. The Labute approximate surface area is 149 Å². The molecule has 1 saturated carbocycles. The van der Waals surface area contributed by atoms with Gasteiger partial charge in [0.15, 0.2) is 9.84 Å². The summed E-state index contributed by atoms with van der Waals surface area (Å²) in [6, 6.07) is 8.17. The van der Waals surface area contributed by atoms with Crippen LogP contribution in [0.3, 0.4) is 0 Å². The van der Waals surface area contributed by atoms with Crippen molar-refractivity contribution in [2.75, 3.05) is 32.2 Å². The topological polar surface area (TPSA) is 66.9 Å². The van der Waals surface area contributed by atoms with Crippen LogP contribution in [0.15, 0.2) is 24.3 Å². The van der Waals surface area contributed by atoms with Crippen LogP contribution in [0.4, 0.5) is 0 Å². The predicted octanol–water partition coefficient (Wildman–Crippen LogP) is 1.31. The number of benzene rings is 1. The molecule has 0 bridgehead atoms. The van der Waals surface area contributed by atoms with Gasteiger partial charge in [-0.25, -0.2) is 8.42 Å². The average molecular weight is 366 g/mol. The first-order chi connectivity index (χ1) is 11.9. The van der Waals surface area contributed by atoms with Crippen LogP contribution in [-0.4, -0.2) is 68.4 Å². The molecule has 1 aliphatic heterocycles. The zero-order chi connectivity index (χ0) is 18.0. The molecule has 1 heterocycles. The lowest BCUT2D eigenvalue weighted by Gasteiger charge is -2.28. The number of ether oxygens (including phenoxy) is 1. The molecule has 0 aromatic heterocycles. The predicted molar refractivity (Wildman–Crippen MR) is 96.3 cm³/mol. The van der Waals surface area contributed by atoms with Crippen LogP contribution in [0, 0.1) is 0 Å². The third-order valence-electron chi connectivity index (χ3n) is 5.10. The van der Waals surface area contributed by atoms with E-state index in [1.54, 1.807) is 19.1 Å². The van der Waals surface area contributed by atoms with E-state index in [9.17, 15) is 13.2 Å². The van der Waals surface area contributed by atoms with E-state index in [4.69, 9.17) is 4.74 Å². The lowest BCUT2D eigenvalue weighted by molar-refractivity contribution is -0.133. The summed E-state index contributed by atoms with van der Waals surface area (Å²) < 4.78 is 28.5. The van der Waals surface area contributed by atoms with Crippen LogP contribution in [0.1, 0.15) is 24.8 Å². The highest BCUT2D eigenvalue weighted by Gasteiger charge is 2.35. The Morgan fingerprint density at radius 3 is 2.36 bits per heavy atom. The number of nitrogens with zero attached hydrogens (tertiary/aromatic N) is 2. The van der Waals surface area contributed by atoms with Crippen molar-refractivity contribution in [3.05, 3.63) is 29.8 Å². The SMILES string of the molecule is COc1ccc(CN(CC(=O)N(C)C2CCS(=O)(=O)C2)C2CC2)cc1. The number of amides is 1. The summed E-state index contributed by atoms with van der Waals surface area (Å²) in [4.78, 5) is 16.5. The lowest BCUT2D eigenvalue weighted by atomic mass is 10.2. The van der Waals surface area contributed by atoms with Gasteiger partial charge in [-0.2, -0.15) is 0 Å². The second-order valence-corrected chi connectivity index (χ2v) is 9.27. The number of sulfone groups is 1. The van der Waals surface area contributed by atoms with Crippen molar-refractivity contribution in [1.29, 1.82) is 0 Å². The largest absolute Gasteiger partial charge is 0.497 e. The van der Waals surface area contributed by atoms with E-state index in [0.29, 0.717) is 19.0 Å². The van der Waals surface area contributed by atoms with Gasteiger partial charge in [0, 0.05) is 25.7 Å². The fourth-order valence-corrected chi connectivity index (χ4v) is 5.06. The molecule has 1 unspecified atom stereocenters. The Kier molecular flexibility index (Phi) is 5.34. The maximum atomic E-state index is 12.6. The molecule has 7 heteroatoms. The molecule has 3 rings (SSSR count). The van der Waals surface area contributed by atoms with Crippen LogP contribution >= 0.6 is 0 Å². The average Bonchev–Trinajstić information content (AvgIpc) is 3.37. The molecule has 1 aromatic rings. The summed E-state index contributed by atoms with van der Waals surface area (Å²) in [5.41, 5.74) is 1.14. The summed E-state index contributed by atoms with van der Waals surface area (Å²) in [7, 11) is 0.390. The number of carbonyl (C=O) groups is 1. The minimum Gasteiger partial charge on any atom is -0.497 e. The number of hydrogen-bond donors (Lipinski definition) is 0. The number of hydrogen-bond acceptors (Lipinski definition) is 5. The maximum Gasteiger partial charge on any atom is 0.236 e. The zero-order valence-electron chi connectivity index (χ0n) is 14.8. The van der Waals surface area contributed by atoms with Gasteiger partial charge in [0.25, 0.3) is 0 Å². The Morgan fingerprint density at radius 2 is 1.84 bits per heavy atom. The molecule has 0 radical (unpaired) electrons. The smallest absolute Gasteiger partial charge is 0.236 e. The molecule has 138 valence electrons. The van der Waals surface area contributed by atoms with Crippen LogP contribution in [0.5, 0.6) is 5.75 Å². The van der Waals surface area contributed by atoms with Gasteiger partial charge in [0.1, 0.15) is 5.75 Å². The highest BCUT2D eigenvalue weighted by atomic mass is 32.2. The molecule has 6 nitrogen and oxygen atoms in total. The summed E-state index contributed by atoms with van der Waals surface area (Å²) in [5.74, 6) is 1.10. The molecule has 1 amide bonds. The molecular weight excluding hydrogens is 340 g/mol. The summed E-state index contributed by atoms with van der Waals surface area (Å²) in [6.45, 7) is 1.06. The van der Waals surface area contributed by atoms with Gasteiger partial charge in [0.05, 0.1) is 25.2 Å². The van der Waals surface area contributed by atoms with E-state index < -0.39 is 9.84 Å². The number of methoxy groups -OCH3 is 1.